The summed E-state index contributed by atoms with van der Waals surface area (Å²) in [4.78, 5) is 0. The Labute approximate surface area is 120 Å². The Morgan fingerprint density at radius 1 is 1.15 bits per heavy atom. The van der Waals surface area contributed by atoms with E-state index in [-0.39, 0.29) is 5.41 Å². The van der Waals surface area contributed by atoms with E-state index >= 15 is 0 Å². The van der Waals surface area contributed by atoms with E-state index in [4.69, 9.17) is 10.8 Å². The van der Waals surface area contributed by atoms with Crippen molar-refractivity contribution in [1.29, 1.82) is 0 Å². The van der Waals surface area contributed by atoms with Gasteiger partial charge < -0.3 is 5.73 Å². The molecule has 1 aromatic heterocycles. The molecule has 0 radical (unpaired) electrons. The second-order valence-electron chi connectivity index (χ2n) is 5.95. The van der Waals surface area contributed by atoms with Crippen LogP contribution in [0, 0.1) is 0 Å². The number of rotatable bonds is 3. The molecule has 1 saturated carbocycles. The first-order valence-corrected chi connectivity index (χ1v) is 7.55. The van der Waals surface area contributed by atoms with Gasteiger partial charge in [-0.05, 0) is 18.9 Å². The lowest BCUT2D eigenvalue weighted by molar-refractivity contribution is 0.284. The lowest BCUT2D eigenvalue weighted by Crippen LogP contribution is -2.38. The SMILES string of the molecule is Cn1nc(-c2ccccc2)cc1C1(CN)CCCCC1. The van der Waals surface area contributed by atoms with Crippen LogP contribution in [-0.2, 0) is 12.5 Å². The van der Waals surface area contributed by atoms with Gasteiger partial charge in [0, 0.05) is 30.3 Å². The van der Waals surface area contributed by atoms with Crippen molar-refractivity contribution < 1.29 is 0 Å². The van der Waals surface area contributed by atoms with Crippen LogP contribution in [0.3, 0.4) is 0 Å². The van der Waals surface area contributed by atoms with Gasteiger partial charge in [-0.2, -0.15) is 5.10 Å². The fourth-order valence-electron chi connectivity index (χ4n) is 3.51. The third-order valence-electron chi connectivity index (χ3n) is 4.69. The van der Waals surface area contributed by atoms with E-state index in [1.807, 2.05) is 17.8 Å². The molecule has 1 aliphatic rings. The van der Waals surface area contributed by atoms with E-state index in [0.717, 1.165) is 12.2 Å². The summed E-state index contributed by atoms with van der Waals surface area (Å²) < 4.78 is 2.04. The average molecular weight is 269 g/mol. The molecule has 3 nitrogen and oxygen atoms in total. The van der Waals surface area contributed by atoms with E-state index < -0.39 is 0 Å². The first kappa shape index (κ1) is 13.4. The predicted molar refractivity (Wildman–Crippen MR) is 82.5 cm³/mol. The molecule has 0 atom stereocenters. The molecule has 1 heterocycles. The van der Waals surface area contributed by atoms with Gasteiger partial charge >= 0.3 is 0 Å². The second-order valence-corrected chi connectivity index (χ2v) is 5.95. The third-order valence-corrected chi connectivity index (χ3v) is 4.69. The van der Waals surface area contributed by atoms with Gasteiger partial charge in [0.1, 0.15) is 0 Å². The van der Waals surface area contributed by atoms with Crippen LogP contribution < -0.4 is 5.73 Å². The minimum absolute atomic E-state index is 0.132. The largest absolute Gasteiger partial charge is 0.330 e. The van der Waals surface area contributed by atoms with Crippen molar-refractivity contribution >= 4 is 0 Å². The van der Waals surface area contributed by atoms with Gasteiger partial charge in [0.2, 0.25) is 0 Å². The minimum Gasteiger partial charge on any atom is -0.330 e. The molecule has 0 bridgehead atoms. The summed E-state index contributed by atoms with van der Waals surface area (Å²) in [5, 5.41) is 4.71. The minimum atomic E-state index is 0.132. The van der Waals surface area contributed by atoms with Crippen LogP contribution in [0.5, 0.6) is 0 Å². The predicted octanol–water partition coefficient (Wildman–Crippen LogP) is 3.25. The average Bonchev–Trinajstić information content (AvgIpc) is 2.91. The summed E-state index contributed by atoms with van der Waals surface area (Å²) >= 11 is 0. The summed E-state index contributed by atoms with van der Waals surface area (Å²) in [5.74, 6) is 0. The maximum Gasteiger partial charge on any atom is 0.0926 e. The van der Waals surface area contributed by atoms with Crippen molar-refractivity contribution in [3.63, 3.8) is 0 Å². The van der Waals surface area contributed by atoms with Crippen LogP contribution in [0.2, 0.25) is 0 Å². The van der Waals surface area contributed by atoms with Crippen LogP contribution >= 0.6 is 0 Å². The Bertz CT molecular complexity index is 565. The Hall–Kier alpha value is -1.61. The van der Waals surface area contributed by atoms with Crippen LogP contribution in [0.4, 0.5) is 0 Å². The van der Waals surface area contributed by atoms with Crippen molar-refractivity contribution in [3.05, 3.63) is 42.1 Å². The molecule has 0 aliphatic heterocycles. The van der Waals surface area contributed by atoms with Crippen LogP contribution in [0.1, 0.15) is 37.8 Å². The number of hydrogen-bond donors (Lipinski definition) is 1. The summed E-state index contributed by atoms with van der Waals surface area (Å²) in [7, 11) is 2.05. The molecule has 1 aromatic carbocycles. The molecule has 0 amide bonds. The van der Waals surface area contributed by atoms with Crippen molar-refractivity contribution in [2.75, 3.05) is 6.54 Å². The number of aryl methyl sites for hydroxylation is 1. The first-order chi connectivity index (χ1) is 9.75. The highest BCUT2D eigenvalue weighted by Gasteiger charge is 2.35. The molecule has 1 aliphatic carbocycles. The standard InChI is InChI=1S/C17H23N3/c1-20-16(17(13-18)10-6-3-7-11-17)12-15(19-20)14-8-4-2-5-9-14/h2,4-5,8-9,12H,3,6-7,10-11,13,18H2,1H3. The maximum absolute atomic E-state index is 6.15. The summed E-state index contributed by atoms with van der Waals surface area (Å²) in [6.07, 6.45) is 6.28. The smallest absolute Gasteiger partial charge is 0.0926 e. The zero-order valence-corrected chi connectivity index (χ0v) is 12.2. The Kier molecular flexibility index (Phi) is 3.62. The fraction of sp³-hybridized carbons (Fsp3) is 0.471. The maximum atomic E-state index is 6.15. The van der Waals surface area contributed by atoms with Crippen molar-refractivity contribution in [3.8, 4) is 11.3 Å². The molecule has 20 heavy (non-hydrogen) atoms. The highest BCUT2D eigenvalue weighted by Crippen LogP contribution is 2.39. The summed E-state index contributed by atoms with van der Waals surface area (Å²) in [6.45, 7) is 0.723. The second kappa shape index (κ2) is 5.41. The number of nitrogens with two attached hydrogens (primary N) is 1. The first-order valence-electron chi connectivity index (χ1n) is 7.55. The topological polar surface area (TPSA) is 43.8 Å². The lowest BCUT2D eigenvalue weighted by Gasteiger charge is -2.36. The zero-order valence-electron chi connectivity index (χ0n) is 12.2. The van der Waals surface area contributed by atoms with E-state index in [1.54, 1.807) is 0 Å². The van der Waals surface area contributed by atoms with Gasteiger partial charge in [0.15, 0.2) is 0 Å². The van der Waals surface area contributed by atoms with E-state index in [1.165, 1.54) is 43.4 Å². The highest BCUT2D eigenvalue weighted by molar-refractivity contribution is 5.59. The number of hydrogen-bond acceptors (Lipinski definition) is 2. The molecule has 0 unspecified atom stereocenters. The van der Waals surface area contributed by atoms with Gasteiger partial charge in [-0.1, -0.05) is 49.6 Å². The Morgan fingerprint density at radius 3 is 2.50 bits per heavy atom. The highest BCUT2D eigenvalue weighted by atomic mass is 15.3. The lowest BCUT2D eigenvalue weighted by atomic mass is 9.71. The number of nitrogens with zero attached hydrogens (tertiary/aromatic N) is 2. The molecular formula is C17H23N3. The molecule has 0 saturated heterocycles. The quantitative estimate of drug-likeness (QED) is 0.929. The van der Waals surface area contributed by atoms with Crippen molar-refractivity contribution in [2.24, 2.45) is 12.8 Å². The van der Waals surface area contributed by atoms with Gasteiger partial charge in [-0.3, -0.25) is 4.68 Å². The van der Waals surface area contributed by atoms with Gasteiger partial charge in [-0.25, -0.2) is 0 Å². The van der Waals surface area contributed by atoms with Crippen LogP contribution in [0.15, 0.2) is 36.4 Å². The van der Waals surface area contributed by atoms with Gasteiger partial charge in [-0.15, -0.1) is 0 Å². The molecule has 2 aromatic rings. The molecule has 2 N–H and O–H groups in total. The fourth-order valence-corrected chi connectivity index (χ4v) is 3.51. The summed E-state index contributed by atoms with van der Waals surface area (Å²) in [5.41, 5.74) is 9.82. The van der Waals surface area contributed by atoms with Crippen LogP contribution in [0.25, 0.3) is 11.3 Å². The van der Waals surface area contributed by atoms with Crippen LogP contribution in [-0.4, -0.2) is 16.3 Å². The monoisotopic (exact) mass is 269 g/mol. The Morgan fingerprint density at radius 2 is 1.85 bits per heavy atom. The van der Waals surface area contributed by atoms with Crippen molar-refractivity contribution in [1.82, 2.24) is 9.78 Å². The Balaban J connectivity index is 2.00. The zero-order chi connectivity index (χ0) is 14.0. The van der Waals surface area contributed by atoms with Gasteiger partial charge in [0.05, 0.1) is 5.69 Å². The molecule has 0 spiro atoms. The van der Waals surface area contributed by atoms with Crippen molar-refractivity contribution in [2.45, 2.75) is 37.5 Å². The molecular weight excluding hydrogens is 246 g/mol. The van der Waals surface area contributed by atoms with E-state index in [0.29, 0.717) is 0 Å². The number of benzene rings is 1. The summed E-state index contributed by atoms with van der Waals surface area (Å²) in [6, 6.07) is 12.6. The number of aromatic nitrogens is 2. The van der Waals surface area contributed by atoms with E-state index in [9.17, 15) is 0 Å². The molecule has 1 fully saturated rings. The third kappa shape index (κ3) is 2.27. The van der Waals surface area contributed by atoms with Gasteiger partial charge in [0.25, 0.3) is 0 Å². The molecule has 3 rings (SSSR count). The normalized spacial score (nSPS) is 18.1. The molecule has 106 valence electrons. The molecule has 3 heteroatoms. The van der Waals surface area contributed by atoms with E-state index in [2.05, 4.69) is 30.3 Å².